The summed E-state index contributed by atoms with van der Waals surface area (Å²) in [7, 11) is 0. The Morgan fingerprint density at radius 2 is 1.69 bits per heavy atom. The van der Waals surface area contributed by atoms with Crippen LogP contribution in [0.1, 0.15) is 47.5 Å². The topological polar surface area (TPSA) is 20.2 Å². The van der Waals surface area contributed by atoms with Crippen molar-refractivity contribution in [2.45, 2.75) is 53.1 Å². The summed E-state index contributed by atoms with van der Waals surface area (Å²) in [5.74, 6) is 3.04. The Morgan fingerprint density at radius 3 is 2.00 bits per heavy atom. The van der Waals surface area contributed by atoms with Gasteiger partial charge in [0.25, 0.3) is 0 Å². The van der Waals surface area contributed by atoms with Crippen molar-refractivity contribution in [2.24, 2.45) is 23.7 Å². The minimum absolute atomic E-state index is 0.372. The van der Waals surface area contributed by atoms with Crippen LogP contribution in [0, 0.1) is 23.7 Å². The molecule has 3 atom stereocenters. The summed E-state index contributed by atoms with van der Waals surface area (Å²) in [5, 5.41) is 10.0. The van der Waals surface area contributed by atoms with Gasteiger partial charge in [0, 0.05) is 0 Å². The van der Waals surface area contributed by atoms with Crippen molar-refractivity contribution in [2.75, 3.05) is 0 Å². The Kier molecular flexibility index (Phi) is 3.06. The lowest BCUT2D eigenvalue weighted by Gasteiger charge is -2.27. The van der Waals surface area contributed by atoms with Gasteiger partial charge in [-0.1, -0.05) is 27.7 Å². The zero-order chi connectivity index (χ0) is 10.2. The summed E-state index contributed by atoms with van der Waals surface area (Å²) in [5.41, 5.74) is -0.456. The molecule has 0 saturated heterocycles. The summed E-state index contributed by atoms with van der Waals surface area (Å²) in [6, 6.07) is 0. The lowest BCUT2D eigenvalue weighted by molar-refractivity contribution is 0.00186. The molecule has 1 N–H and O–H groups in total. The maximum Gasteiger partial charge on any atom is 0.0642 e. The highest BCUT2D eigenvalue weighted by Crippen LogP contribution is 2.49. The molecular formula is C12H24O. The van der Waals surface area contributed by atoms with E-state index >= 15 is 0 Å². The van der Waals surface area contributed by atoms with Crippen LogP contribution in [0.3, 0.4) is 0 Å². The molecule has 1 nitrogen and oxygen atoms in total. The second-order valence-electron chi connectivity index (χ2n) is 5.43. The van der Waals surface area contributed by atoms with Crippen LogP contribution in [-0.4, -0.2) is 10.7 Å². The van der Waals surface area contributed by atoms with Gasteiger partial charge in [0.2, 0.25) is 0 Å². The van der Waals surface area contributed by atoms with Crippen LogP contribution in [0.25, 0.3) is 0 Å². The summed E-state index contributed by atoms with van der Waals surface area (Å²) >= 11 is 0. The monoisotopic (exact) mass is 184 g/mol. The van der Waals surface area contributed by atoms with Crippen molar-refractivity contribution < 1.29 is 5.11 Å². The van der Waals surface area contributed by atoms with Crippen molar-refractivity contribution in [1.82, 2.24) is 0 Å². The van der Waals surface area contributed by atoms with Crippen LogP contribution >= 0.6 is 0 Å². The van der Waals surface area contributed by atoms with Gasteiger partial charge < -0.3 is 5.11 Å². The standard InChI is InChI=1S/C12H24O/c1-8(2)12(5,13)7-6-11-9(3)10(11)4/h8-11,13H,6-7H2,1-5H3. The molecule has 1 saturated carbocycles. The van der Waals surface area contributed by atoms with Crippen LogP contribution in [0.15, 0.2) is 0 Å². The van der Waals surface area contributed by atoms with E-state index in [1.165, 1.54) is 6.42 Å². The van der Waals surface area contributed by atoms with Crippen LogP contribution in [-0.2, 0) is 0 Å². The first-order valence-corrected chi connectivity index (χ1v) is 5.58. The Bertz CT molecular complexity index is 164. The van der Waals surface area contributed by atoms with Crippen molar-refractivity contribution in [3.8, 4) is 0 Å². The van der Waals surface area contributed by atoms with Gasteiger partial charge in [-0.2, -0.15) is 0 Å². The number of rotatable bonds is 4. The minimum Gasteiger partial charge on any atom is -0.390 e. The maximum atomic E-state index is 10.0. The fourth-order valence-corrected chi connectivity index (χ4v) is 2.04. The second-order valence-corrected chi connectivity index (χ2v) is 5.43. The molecule has 13 heavy (non-hydrogen) atoms. The third-order valence-electron chi connectivity index (χ3n) is 4.27. The minimum atomic E-state index is -0.456. The largest absolute Gasteiger partial charge is 0.390 e. The van der Waals surface area contributed by atoms with Gasteiger partial charge in [-0.3, -0.25) is 0 Å². The van der Waals surface area contributed by atoms with Crippen LogP contribution in [0.2, 0.25) is 0 Å². The van der Waals surface area contributed by atoms with Gasteiger partial charge in [0.1, 0.15) is 0 Å². The van der Waals surface area contributed by atoms with Crippen molar-refractivity contribution in [3.05, 3.63) is 0 Å². The molecular weight excluding hydrogens is 160 g/mol. The Balaban J connectivity index is 2.27. The Morgan fingerprint density at radius 1 is 1.23 bits per heavy atom. The van der Waals surface area contributed by atoms with Gasteiger partial charge in [-0.15, -0.1) is 0 Å². The smallest absolute Gasteiger partial charge is 0.0642 e. The molecule has 3 unspecified atom stereocenters. The normalized spacial score (nSPS) is 37.6. The quantitative estimate of drug-likeness (QED) is 0.712. The van der Waals surface area contributed by atoms with E-state index in [0.29, 0.717) is 5.92 Å². The highest BCUT2D eigenvalue weighted by Gasteiger charge is 2.43. The SMILES string of the molecule is CC1C(C)C1CCC(C)(O)C(C)C. The van der Waals surface area contributed by atoms with E-state index in [0.717, 1.165) is 24.2 Å². The maximum absolute atomic E-state index is 10.0. The first-order valence-electron chi connectivity index (χ1n) is 5.58. The molecule has 0 aromatic carbocycles. The average molecular weight is 184 g/mol. The highest BCUT2D eigenvalue weighted by molar-refractivity contribution is 4.92. The molecule has 0 aromatic rings. The molecule has 1 aliphatic carbocycles. The summed E-state index contributed by atoms with van der Waals surface area (Å²) in [6.45, 7) is 10.8. The molecule has 0 aromatic heterocycles. The molecule has 0 spiro atoms. The van der Waals surface area contributed by atoms with E-state index < -0.39 is 5.60 Å². The van der Waals surface area contributed by atoms with E-state index in [1.54, 1.807) is 0 Å². The number of aliphatic hydroxyl groups is 1. The van der Waals surface area contributed by atoms with E-state index in [2.05, 4.69) is 27.7 Å². The van der Waals surface area contributed by atoms with Crippen molar-refractivity contribution in [1.29, 1.82) is 0 Å². The zero-order valence-electron chi connectivity index (χ0n) is 9.67. The molecule has 1 heteroatoms. The van der Waals surface area contributed by atoms with Gasteiger partial charge in [0.05, 0.1) is 5.60 Å². The number of hydrogen-bond acceptors (Lipinski definition) is 1. The fourth-order valence-electron chi connectivity index (χ4n) is 2.04. The van der Waals surface area contributed by atoms with Crippen molar-refractivity contribution in [3.63, 3.8) is 0 Å². The lowest BCUT2D eigenvalue weighted by atomic mass is 9.87. The van der Waals surface area contributed by atoms with Crippen LogP contribution in [0.4, 0.5) is 0 Å². The molecule has 0 aliphatic heterocycles. The molecule has 1 aliphatic rings. The Hall–Kier alpha value is -0.0400. The zero-order valence-corrected chi connectivity index (χ0v) is 9.67. The van der Waals surface area contributed by atoms with E-state index in [1.807, 2.05) is 6.92 Å². The predicted molar refractivity (Wildman–Crippen MR) is 56.5 cm³/mol. The van der Waals surface area contributed by atoms with Gasteiger partial charge in [-0.05, 0) is 43.4 Å². The molecule has 1 fully saturated rings. The lowest BCUT2D eigenvalue weighted by Crippen LogP contribution is -2.30. The predicted octanol–water partition coefficient (Wildman–Crippen LogP) is 3.08. The molecule has 0 amide bonds. The van der Waals surface area contributed by atoms with Gasteiger partial charge >= 0.3 is 0 Å². The first-order chi connectivity index (χ1) is 5.86. The third-order valence-corrected chi connectivity index (χ3v) is 4.27. The third kappa shape index (κ3) is 2.46. The molecule has 0 heterocycles. The summed E-state index contributed by atoms with van der Waals surface area (Å²) in [4.78, 5) is 0. The molecule has 78 valence electrons. The summed E-state index contributed by atoms with van der Waals surface area (Å²) in [6.07, 6.45) is 2.16. The van der Waals surface area contributed by atoms with E-state index in [-0.39, 0.29) is 0 Å². The molecule has 0 bridgehead atoms. The average Bonchev–Trinajstić information content (AvgIpc) is 2.56. The van der Waals surface area contributed by atoms with Gasteiger partial charge in [0.15, 0.2) is 0 Å². The molecule has 0 radical (unpaired) electrons. The van der Waals surface area contributed by atoms with Crippen molar-refractivity contribution >= 4 is 0 Å². The number of hydrogen-bond donors (Lipinski definition) is 1. The van der Waals surface area contributed by atoms with E-state index in [4.69, 9.17) is 0 Å². The second kappa shape index (κ2) is 3.61. The molecule has 1 rings (SSSR count). The van der Waals surface area contributed by atoms with Crippen LogP contribution < -0.4 is 0 Å². The van der Waals surface area contributed by atoms with E-state index in [9.17, 15) is 5.11 Å². The summed E-state index contributed by atoms with van der Waals surface area (Å²) < 4.78 is 0. The highest BCUT2D eigenvalue weighted by atomic mass is 16.3. The first kappa shape index (κ1) is 11.0. The van der Waals surface area contributed by atoms with Gasteiger partial charge in [-0.25, -0.2) is 0 Å². The Labute approximate surface area is 82.5 Å². The fraction of sp³-hybridized carbons (Fsp3) is 1.00. The van der Waals surface area contributed by atoms with Crippen LogP contribution in [0.5, 0.6) is 0 Å².